The van der Waals surface area contributed by atoms with E-state index in [0.717, 1.165) is 34.0 Å². The molecule has 0 fully saturated rings. The second kappa shape index (κ2) is 8.72. The summed E-state index contributed by atoms with van der Waals surface area (Å²) in [5, 5.41) is 7.81. The summed E-state index contributed by atoms with van der Waals surface area (Å²) < 4.78 is 41.9. The van der Waals surface area contributed by atoms with Crippen LogP contribution in [0.3, 0.4) is 0 Å². The lowest BCUT2D eigenvalue weighted by Crippen LogP contribution is -2.30. The predicted molar refractivity (Wildman–Crippen MR) is 122 cm³/mol. The van der Waals surface area contributed by atoms with Crippen LogP contribution in [0.1, 0.15) is 48.0 Å². The number of carbonyl (C=O) groups is 3. The van der Waals surface area contributed by atoms with Crippen molar-refractivity contribution in [3.8, 4) is 5.69 Å². The molecule has 4 aromatic rings. The van der Waals surface area contributed by atoms with Gasteiger partial charge in [-0.15, -0.1) is 10.2 Å². The number of ketones is 1. The van der Waals surface area contributed by atoms with Gasteiger partial charge in [0.1, 0.15) is 6.33 Å². The number of hydrogen-bond acceptors (Lipinski definition) is 5. The molecule has 7 nitrogen and oxygen atoms in total. The van der Waals surface area contributed by atoms with Crippen molar-refractivity contribution >= 4 is 29.2 Å². The Labute approximate surface area is 206 Å². The van der Waals surface area contributed by atoms with Gasteiger partial charge in [0.25, 0.3) is 11.8 Å². The third kappa shape index (κ3) is 3.95. The molecule has 0 radical (unpaired) electrons. The molecule has 0 spiro atoms. The normalized spacial score (nSPS) is 13.3. The molecule has 180 valence electrons. The van der Waals surface area contributed by atoms with E-state index < -0.39 is 29.3 Å². The topological polar surface area (TPSA) is 85.2 Å². The van der Waals surface area contributed by atoms with Crippen molar-refractivity contribution in [2.24, 2.45) is 0 Å². The average Bonchev–Trinajstić information content (AvgIpc) is 3.42. The molecule has 2 amide bonds. The maximum atomic E-state index is 13.6. The zero-order chi connectivity index (χ0) is 25.6. The molecule has 36 heavy (non-hydrogen) atoms. The lowest BCUT2D eigenvalue weighted by Gasteiger charge is -2.17. The first kappa shape index (κ1) is 23.4. The predicted octanol–water partition coefficient (Wildman–Crippen LogP) is 4.97. The highest BCUT2D eigenvalue weighted by molar-refractivity contribution is 6.35. The Morgan fingerprint density at radius 3 is 2.17 bits per heavy atom. The fourth-order valence-corrected chi connectivity index (χ4v) is 4.20. The number of amides is 2. The van der Waals surface area contributed by atoms with Crippen LogP contribution in [0.5, 0.6) is 0 Å². The van der Waals surface area contributed by atoms with E-state index in [4.69, 9.17) is 11.6 Å². The minimum Gasteiger partial charge on any atom is -0.288 e. The molecule has 2 heterocycles. The van der Waals surface area contributed by atoms with Crippen molar-refractivity contribution in [3.63, 3.8) is 0 Å². The third-order valence-corrected chi connectivity index (χ3v) is 6.07. The van der Waals surface area contributed by atoms with Crippen LogP contribution >= 0.6 is 11.6 Å². The molecule has 0 bridgehead atoms. The van der Waals surface area contributed by atoms with Gasteiger partial charge in [-0.05, 0) is 42.5 Å². The third-order valence-electron chi connectivity index (χ3n) is 5.74. The quantitative estimate of drug-likeness (QED) is 0.280. The number of aromatic nitrogens is 3. The molecular formula is C25H14ClF3N4O3. The van der Waals surface area contributed by atoms with Gasteiger partial charge in [0.05, 0.1) is 33.9 Å². The highest BCUT2D eigenvalue weighted by atomic mass is 35.5. The fraction of sp³-hybridized carbons (Fsp3) is 0.0800. The van der Waals surface area contributed by atoms with Gasteiger partial charge in [0.15, 0.2) is 11.6 Å². The number of carbonyl (C=O) groups excluding carboxylic acids is 3. The number of fused-ring (bicyclic) bond motifs is 1. The van der Waals surface area contributed by atoms with Crippen molar-refractivity contribution in [2.75, 3.05) is 0 Å². The summed E-state index contributed by atoms with van der Waals surface area (Å²) in [6, 6.07) is 15.0. The van der Waals surface area contributed by atoms with Crippen LogP contribution in [0, 0.1) is 0 Å². The monoisotopic (exact) mass is 510 g/mol. The van der Waals surface area contributed by atoms with Crippen LogP contribution in [0.25, 0.3) is 5.69 Å². The Morgan fingerprint density at radius 1 is 0.889 bits per heavy atom. The Bertz CT molecular complexity index is 1510. The van der Waals surface area contributed by atoms with E-state index in [1.165, 1.54) is 24.3 Å². The second-order valence-corrected chi connectivity index (χ2v) is 8.31. The van der Waals surface area contributed by atoms with Gasteiger partial charge >= 0.3 is 6.18 Å². The molecule has 1 aliphatic rings. The van der Waals surface area contributed by atoms with Gasteiger partial charge in [0.2, 0.25) is 0 Å². The van der Waals surface area contributed by atoms with E-state index in [9.17, 15) is 27.6 Å². The van der Waals surface area contributed by atoms with Crippen LogP contribution in [-0.4, -0.2) is 37.3 Å². The number of hydrogen-bond donors (Lipinski definition) is 0. The van der Waals surface area contributed by atoms with Gasteiger partial charge in [-0.2, -0.15) is 13.2 Å². The largest absolute Gasteiger partial charge is 0.416 e. The number of nitrogens with zero attached hydrogens (tertiary/aromatic N) is 4. The van der Waals surface area contributed by atoms with Crippen molar-refractivity contribution in [1.29, 1.82) is 0 Å². The van der Waals surface area contributed by atoms with E-state index in [-0.39, 0.29) is 45.3 Å². The summed E-state index contributed by atoms with van der Waals surface area (Å²) >= 11 is 6.16. The Morgan fingerprint density at radius 2 is 1.53 bits per heavy atom. The minimum absolute atomic E-state index is 0.0166. The van der Waals surface area contributed by atoms with Gasteiger partial charge in [-0.25, -0.2) is 0 Å². The van der Waals surface area contributed by atoms with Crippen molar-refractivity contribution in [3.05, 3.63) is 112 Å². The first-order chi connectivity index (χ1) is 17.2. The molecule has 0 N–H and O–H groups in total. The van der Waals surface area contributed by atoms with Crippen LogP contribution in [0.4, 0.5) is 13.2 Å². The Kier molecular flexibility index (Phi) is 5.68. The molecule has 0 unspecified atom stereocenters. The summed E-state index contributed by atoms with van der Waals surface area (Å²) in [6.07, 6.45) is -3.58. The van der Waals surface area contributed by atoms with E-state index in [1.54, 1.807) is 24.3 Å². The lowest BCUT2D eigenvalue weighted by molar-refractivity contribution is -0.137. The number of halogens is 4. The molecule has 1 aliphatic heterocycles. The molecule has 1 aromatic heterocycles. The molecule has 0 saturated carbocycles. The lowest BCUT2D eigenvalue weighted by atomic mass is 9.99. The van der Waals surface area contributed by atoms with Gasteiger partial charge in [-0.1, -0.05) is 35.9 Å². The molecule has 3 aromatic carbocycles. The van der Waals surface area contributed by atoms with Crippen molar-refractivity contribution in [2.45, 2.75) is 12.7 Å². The molecule has 5 rings (SSSR count). The van der Waals surface area contributed by atoms with E-state index in [2.05, 4.69) is 10.2 Å². The average molecular weight is 511 g/mol. The number of imide groups is 1. The number of benzene rings is 3. The summed E-state index contributed by atoms with van der Waals surface area (Å²) in [7, 11) is 0. The highest BCUT2D eigenvalue weighted by Gasteiger charge is 2.37. The van der Waals surface area contributed by atoms with Gasteiger partial charge in [-0.3, -0.25) is 23.9 Å². The second-order valence-electron chi connectivity index (χ2n) is 7.90. The highest BCUT2D eigenvalue weighted by Crippen LogP contribution is 2.33. The van der Waals surface area contributed by atoms with E-state index in [1.807, 2.05) is 0 Å². The summed E-state index contributed by atoms with van der Waals surface area (Å²) in [4.78, 5) is 39.8. The maximum absolute atomic E-state index is 13.6. The zero-order valence-electron chi connectivity index (χ0n) is 18.2. The molecule has 0 aliphatic carbocycles. The summed E-state index contributed by atoms with van der Waals surface area (Å²) in [6.45, 7) is -0.373. The SMILES string of the molecule is O=C(c1ccccc1Cl)c1ccc(C(F)(F)F)cc1-n1cnnc1CN1C(=O)c2ccccc2C1=O. The Hall–Kier alpha value is -4.31. The van der Waals surface area contributed by atoms with E-state index in [0.29, 0.717) is 0 Å². The van der Waals surface area contributed by atoms with Gasteiger partial charge in [0, 0.05) is 11.1 Å². The summed E-state index contributed by atoms with van der Waals surface area (Å²) in [5.41, 5.74) is -0.765. The minimum atomic E-state index is -4.70. The number of rotatable bonds is 5. The number of alkyl halides is 3. The summed E-state index contributed by atoms with van der Waals surface area (Å²) in [5.74, 6) is -1.77. The Balaban J connectivity index is 1.60. The maximum Gasteiger partial charge on any atom is 0.416 e. The smallest absolute Gasteiger partial charge is 0.288 e. The first-order valence-electron chi connectivity index (χ1n) is 10.5. The van der Waals surface area contributed by atoms with Crippen LogP contribution < -0.4 is 0 Å². The molecule has 0 saturated heterocycles. The fourth-order valence-electron chi connectivity index (χ4n) is 3.98. The molecule has 0 atom stereocenters. The first-order valence-corrected chi connectivity index (χ1v) is 10.9. The van der Waals surface area contributed by atoms with Crippen LogP contribution in [0.2, 0.25) is 5.02 Å². The van der Waals surface area contributed by atoms with Crippen LogP contribution in [0.15, 0.2) is 73.1 Å². The molecule has 11 heteroatoms. The van der Waals surface area contributed by atoms with Crippen molar-refractivity contribution in [1.82, 2.24) is 19.7 Å². The zero-order valence-corrected chi connectivity index (χ0v) is 18.9. The van der Waals surface area contributed by atoms with Crippen molar-refractivity contribution < 1.29 is 27.6 Å². The van der Waals surface area contributed by atoms with Crippen LogP contribution in [-0.2, 0) is 12.7 Å². The van der Waals surface area contributed by atoms with E-state index >= 15 is 0 Å². The van der Waals surface area contributed by atoms with Gasteiger partial charge < -0.3 is 0 Å². The standard InChI is InChI=1S/C25H14ClF3N4O3/c26-19-8-4-3-7-17(19)22(34)18-10-9-14(25(27,28)29)11-20(18)33-13-30-31-21(33)12-32-23(35)15-5-1-2-6-16(15)24(32)36/h1-11,13H,12H2. The molecular weight excluding hydrogens is 497 g/mol.